The highest BCUT2D eigenvalue weighted by molar-refractivity contribution is 5.89. The van der Waals surface area contributed by atoms with Crippen molar-refractivity contribution in [3.63, 3.8) is 0 Å². The Morgan fingerprint density at radius 1 is 1.19 bits per heavy atom. The molecule has 1 aliphatic heterocycles. The molecule has 1 aromatic heterocycles. The SMILES string of the molecule is COc1ccc(NC(=O)N2CCCC[C@@H]2c2nc3ccccc3[nH]2)cc1. The average Bonchev–Trinajstić information content (AvgIpc) is 3.12. The maximum Gasteiger partial charge on any atom is 0.322 e. The Morgan fingerprint density at radius 2 is 2.00 bits per heavy atom. The molecule has 1 atom stereocenters. The van der Waals surface area contributed by atoms with E-state index >= 15 is 0 Å². The second-order valence-corrected chi connectivity index (χ2v) is 6.50. The molecule has 0 bridgehead atoms. The number of carbonyl (C=O) groups is 1. The van der Waals surface area contributed by atoms with Crippen molar-refractivity contribution in [3.8, 4) is 5.75 Å². The smallest absolute Gasteiger partial charge is 0.322 e. The summed E-state index contributed by atoms with van der Waals surface area (Å²) >= 11 is 0. The molecule has 6 heteroatoms. The van der Waals surface area contributed by atoms with E-state index in [0.29, 0.717) is 0 Å². The lowest BCUT2D eigenvalue weighted by molar-refractivity contribution is 0.160. The molecular formula is C20H22N4O2. The Morgan fingerprint density at radius 3 is 2.77 bits per heavy atom. The van der Waals surface area contributed by atoms with Gasteiger partial charge in [0.2, 0.25) is 0 Å². The molecule has 0 unspecified atom stereocenters. The Labute approximate surface area is 152 Å². The summed E-state index contributed by atoms with van der Waals surface area (Å²) in [6.07, 6.45) is 3.01. The number of nitrogens with one attached hydrogen (secondary N) is 2. The molecule has 134 valence electrons. The Balaban J connectivity index is 1.55. The highest BCUT2D eigenvalue weighted by atomic mass is 16.5. The van der Waals surface area contributed by atoms with Crippen molar-refractivity contribution >= 4 is 22.8 Å². The molecule has 2 heterocycles. The minimum Gasteiger partial charge on any atom is -0.497 e. The van der Waals surface area contributed by atoms with Crippen LogP contribution in [0.2, 0.25) is 0 Å². The van der Waals surface area contributed by atoms with Crippen LogP contribution in [-0.4, -0.2) is 34.6 Å². The third-order valence-corrected chi connectivity index (χ3v) is 4.83. The fraction of sp³-hybridized carbons (Fsp3) is 0.300. The Kier molecular flexibility index (Phi) is 4.48. The highest BCUT2D eigenvalue weighted by Gasteiger charge is 2.30. The summed E-state index contributed by atoms with van der Waals surface area (Å²) in [5.74, 6) is 1.62. The van der Waals surface area contributed by atoms with Crippen molar-refractivity contribution in [1.29, 1.82) is 0 Å². The summed E-state index contributed by atoms with van der Waals surface area (Å²) in [4.78, 5) is 22.8. The van der Waals surface area contributed by atoms with E-state index in [9.17, 15) is 4.79 Å². The number of urea groups is 1. The van der Waals surface area contributed by atoms with Gasteiger partial charge >= 0.3 is 6.03 Å². The van der Waals surface area contributed by atoms with Gasteiger partial charge in [-0.15, -0.1) is 0 Å². The molecule has 3 aromatic rings. The van der Waals surface area contributed by atoms with E-state index in [1.807, 2.05) is 53.4 Å². The van der Waals surface area contributed by atoms with Crippen LogP contribution in [0.1, 0.15) is 31.1 Å². The summed E-state index contributed by atoms with van der Waals surface area (Å²) in [6.45, 7) is 0.726. The number of amides is 2. The maximum atomic E-state index is 12.9. The number of fused-ring (bicyclic) bond motifs is 1. The molecule has 26 heavy (non-hydrogen) atoms. The molecule has 1 aliphatic rings. The predicted molar refractivity (Wildman–Crippen MR) is 101 cm³/mol. The first-order valence-corrected chi connectivity index (χ1v) is 8.91. The van der Waals surface area contributed by atoms with E-state index in [1.165, 1.54) is 0 Å². The topological polar surface area (TPSA) is 70.2 Å². The number of likely N-dealkylation sites (tertiary alicyclic amines) is 1. The normalized spacial score (nSPS) is 17.3. The number of ether oxygens (including phenoxy) is 1. The molecule has 1 fully saturated rings. The fourth-order valence-corrected chi connectivity index (χ4v) is 3.46. The first kappa shape index (κ1) is 16.4. The van der Waals surface area contributed by atoms with Gasteiger partial charge in [-0.3, -0.25) is 0 Å². The van der Waals surface area contributed by atoms with Crippen LogP contribution in [-0.2, 0) is 0 Å². The first-order valence-electron chi connectivity index (χ1n) is 8.91. The van der Waals surface area contributed by atoms with Crippen LogP contribution in [0.25, 0.3) is 11.0 Å². The number of H-pyrrole nitrogens is 1. The van der Waals surface area contributed by atoms with E-state index in [4.69, 9.17) is 9.72 Å². The lowest BCUT2D eigenvalue weighted by Crippen LogP contribution is -2.41. The Bertz CT molecular complexity index is 871. The molecule has 2 amide bonds. The standard InChI is InChI=1S/C20H22N4O2/c1-26-15-11-9-14(10-12-15)21-20(25)24-13-5-4-8-18(24)19-22-16-6-2-3-7-17(16)23-19/h2-3,6-7,9-12,18H,4-5,8,13H2,1H3,(H,21,25)(H,22,23)/t18-/m1/s1. The van der Waals surface area contributed by atoms with Gasteiger partial charge in [0.1, 0.15) is 11.6 Å². The first-order chi connectivity index (χ1) is 12.7. The molecule has 0 spiro atoms. The van der Waals surface area contributed by atoms with Crippen LogP contribution in [0.4, 0.5) is 10.5 Å². The second-order valence-electron chi connectivity index (χ2n) is 6.50. The third-order valence-electron chi connectivity index (χ3n) is 4.83. The lowest BCUT2D eigenvalue weighted by atomic mass is 10.0. The van der Waals surface area contributed by atoms with Crippen molar-refractivity contribution in [2.24, 2.45) is 0 Å². The highest BCUT2D eigenvalue weighted by Crippen LogP contribution is 2.31. The monoisotopic (exact) mass is 350 g/mol. The third kappa shape index (κ3) is 3.22. The summed E-state index contributed by atoms with van der Waals surface area (Å²) in [5.41, 5.74) is 2.69. The summed E-state index contributed by atoms with van der Waals surface area (Å²) < 4.78 is 5.16. The molecule has 2 N–H and O–H groups in total. The van der Waals surface area contributed by atoms with Crippen molar-refractivity contribution in [1.82, 2.24) is 14.9 Å². The van der Waals surface area contributed by atoms with Crippen molar-refractivity contribution < 1.29 is 9.53 Å². The summed E-state index contributed by atoms with van der Waals surface area (Å²) in [5, 5.41) is 2.99. The van der Waals surface area contributed by atoms with Gasteiger partial charge in [-0.25, -0.2) is 9.78 Å². The molecule has 0 aliphatic carbocycles. The minimum absolute atomic E-state index is 0.0330. The van der Waals surface area contributed by atoms with Crippen molar-refractivity contribution in [3.05, 3.63) is 54.4 Å². The number of nitrogens with zero attached hydrogens (tertiary/aromatic N) is 2. The zero-order chi connectivity index (χ0) is 17.9. The fourth-order valence-electron chi connectivity index (χ4n) is 3.46. The maximum absolute atomic E-state index is 12.9. The molecule has 4 rings (SSSR count). The zero-order valence-corrected chi connectivity index (χ0v) is 14.7. The van der Waals surface area contributed by atoms with E-state index in [0.717, 1.165) is 54.1 Å². The summed E-state index contributed by atoms with van der Waals surface area (Å²) in [7, 11) is 1.62. The van der Waals surface area contributed by atoms with Crippen LogP contribution in [0.3, 0.4) is 0 Å². The number of methoxy groups -OCH3 is 1. The number of carbonyl (C=O) groups excluding carboxylic acids is 1. The second kappa shape index (κ2) is 7.07. The largest absolute Gasteiger partial charge is 0.497 e. The zero-order valence-electron chi connectivity index (χ0n) is 14.7. The van der Waals surface area contributed by atoms with E-state index in [-0.39, 0.29) is 12.1 Å². The number of hydrogen-bond acceptors (Lipinski definition) is 3. The van der Waals surface area contributed by atoms with Crippen LogP contribution >= 0.6 is 0 Å². The van der Waals surface area contributed by atoms with Crippen LogP contribution < -0.4 is 10.1 Å². The number of piperidine rings is 1. The quantitative estimate of drug-likeness (QED) is 0.738. The van der Waals surface area contributed by atoms with Crippen LogP contribution in [0.5, 0.6) is 5.75 Å². The van der Waals surface area contributed by atoms with Crippen molar-refractivity contribution in [2.45, 2.75) is 25.3 Å². The number of benzene rings is 2. The minimum atomic E-state index is -0.0969. The molecule has 0 radical (unpaired) electrons. The van der Waals surface area contributed by atoms with Crippen molar-refractivity contribution in [2.75, 3.05) is 19.0 Å². The van der Waals surface area contributed by atoms with E-state index in [1.54, 1.807) is 7.11 Å². The number of hydrogen-bond donors (Lipinski definition) is 2. The lowest BCUT2D eigenvalue weighted by Gasteiger charge is -2.34. The van der Waals surface area contributed by atoms with E-state index < -0.39 is 0 Å². The molecular weight excluding hydrogens is 328 g/mol. The van der Waals surface area contributed by atoms with Gasteiger partial charge in [-0.05, 0) is 55.7 Å². The Hall–Kier alpha value is -3.02. The number of para-hydroxylation sites is 2. The van der Waals surface area contributed by atoms with Crippen LogP contribution in [0.15, 0.2) is 48.5 Å². The van der Waals surface area contributed by atoms with Gasteiger partial charge in [0, 0.05) is 12.2 Å². The predicted octanol–water partition coefficient (Wildman–Crippen LogP) is 4.33. The molecule has 6 nitrogen and oxygen atoms in total. The van der Waals surface area contributed by atoms with Gasteiger partial charge in [-0.2, -0.15) is 0 Å². The van der Waals surface area contributed by atoms with E-state index in [2.05, 4.69) is 10.3 Å². The van der Waals surface area contributed by atoms with Gasteiger partial charge in [0.05, 0.1) is 24.2 Å². The molecule has 0 saturated carbocycles. The number of aromatic amines is 1. The average molecular weight is 350 g/mol. The van der Waals surface area contributed by atoms with Gasteiger partial charge in [-0.1, -0.05) is 12.1 Å². The number of anilines is 1. The van der Waals surface area contributed by atoms with Crippen LogP contribution in [0, 0.1) is 0 Å². The van der Waals surface area contributed by atoms with Gasteiger partial charge in [0.25, 0.3) is 0 Å². The number of imidazole rings is 1. The number of rotatable bonds is 3. The molecule has 1 saturated heterocycles. The number of aromatic nitrogens is 2. The van der Waals surface area contributed by atoms with Gasteiger partial charge < -0.3 is 19.9 Å². The molecule has 2 aromatic carbocycles. The summed E-state index contributed by atoms with van der Waals surface area (Å²) in [6, 6.07) is 15.2. The van der Waals surface area contributed by atoms with Gasteiger partial charge in [0.15, 0.2) is 0 Å².